The summed E-state index contributed by atoms with van der Waals surface area (Å²) < 4.78 is 0. The van der Waals surface area contributed by atoms with Gasteiger partial charge in [0.05, 0.1) is 5.56 Å². The van der Waals surface area contributed by atoms with Crippen LogP contribution in [0.2, 0.25) is 0 Å². The van der Waals surface area contributed by atoms with E-state index in [0.29, 0.717) is 17.4 Å². The second kappa shape index (κ2) is 7.83. The van der Waals surface area contributed by atoms with E-state index in [2.05, 4.69) is 66.2 Å². The van der Waals surface area contributed by atoms with E-state index in [4.69, 9.17) is 0 Å². The zero-order valence-corrected chi connectivity index (χ0v) is 16.0. The molecule has 0 spiro atoms. The third-order valence-corrected chi connectivity index (χ3v) is 4.85. The van der Waals surface area contributed by atoms with Crippen molar-refractivity contribution in [1.82, 2.24) is 19.8 Å². The average Bonchev–Trinajstić information content (AvgIpc) is 2.64. The van der Waals surface area contributed by atoms with Gasteiger partial charge < -0.3 is 15.1 Å². The molecular formula is C20H27N5O. The molecule has 2 aromatic rings. The van der Waals surface area contributed by atoms with Crippen LogP contribution in [0.15, 0.2) is 30.6 Å². The van der Waals surface area contributed by atoms with Gasteiger partial charge in [0.15, 0.2) is 0 Å². The van der Waals surface area contributed by atoms with Crippen LogP contribution in [0.3, 0.4) is 0 Å². The predicted molar refractivity (Wildman–Crippen MR) is 104 cm³/mol. The number of nitrogens with one attached hydrogen (secondary N) is 1. The van der Waals surface area contributed by atoms with Crippen molar-refractivity contribution in [2.75, 3.05) is 38.5 Å². The summed E-state index contributed by atoms with van der Waals surface area (Å²) in [5.74, 6) is 0.912. The summed E-state index contributed by atoms with van der Waals surface area (Å²) in [5, 5.41) is 3.32. The summed E-state index contributed by atoms with van der Waals surface area (Å²) in [6, 6.07) is 6.25. The lowest BCUT2D eigenvalue weighted by atomic mass is 9.98. The van der Waals surface area contributed by atoms with Crippen molar-refractivity contribution in [1.29, 1.82) is 0 Å². The van der Waals surface area contributed by atoms with Gasteiger partial charge in [0.25, 0.3) is 5.91 Å². The number of rotatable bonds is 4. The zero-order valence-electron chi connectivity index (χ0n) is 16.0. The molecule has 0 saturated carbocycles. The zero-order chi connectivity index (χ0) is 18.7. The molecule has 1 aromatic carbocycles. The molecule has 1 aliphatic rings. The minimum Gasteiger partial charge on any atom is -0.336 e. The van der Waals surface area contributed by atoms with Gasteiger partial charge >= 0.3 is 0 Å². The molecular weight excluding hydrogens is 326 g/mol. The maximum absolute atomic E-state index is 12.6. The molecule has 6 heteroatoms. The summed E-state index contributed by atoms with van der Waals surface area (Å²) in [7, 11) is 2.07. The lowest BCUT2D eigenvalue weighted by Crippen LogP contribution is -2.47. The van der Waals surface area contributed by atoms with Crippen molar-refractivity contribution in [3.05, 3.63) is 47.3 Å². The number of piperazine rings is 1. The number of hydrogen-bond donors (Lipinski definition) is 1. The number of anilines is 2. The first-order valence-corrected chi connectivity index (χ1v) is 9.12. The number of nitrogens with zero attached hydrogens (tertiary/aromatic N) is 4. The lowest BCUT2D eigenvalue weighted by molar-refractivity contribution is 0.0663. The Balaban J connectivity index is 1.74. The quantitative estimate of drug-likeness (QED) is 0.915. The van der Waals surface area contributed by atoms with Gasteiger partial charge in [-0.1, -0.05) is 32.0 Å². The minimum absolute atomic E-state index is 0.00316. The fourth-order valence-corrected chi connectivity index (χ4v) is 3.15. The van der Waals surface area contributed by atoms with Crippen LogP contribution in [-0.2, 0) is 0 Å². The van der Waals surface area contributed by atoms with Crippen molar-refractivity contribution in [3.63, 3.8) is 0 Å². The number of carbonyl (C=O) groups excluding carboxylic acids is 1. The predicted octanol–water partition coefficient (Wildman–Crippen LogP) is 3.04. The summed E-state index contributed by atoms with van der Waals surface area (Å²) in [6.07, 6.45) is 3.23. The van der Waals surface area contributed by atoms with Crippen molar-refractivity contribution < 1.29 is 4.79 Å². The fourth-order valence-electron chi connectivity index (χ4n) is 3.15. The van der Waals surface area contributed by atoms with Crippen molar-refractivity contribution in [2.45, 2.75) is 26.7 Å². The molecule has 0 bridgehead atoms. The van der Waals surface area contributed by atoms with Crippen LogP contribution >= 0.6 is 0 Å². The van der Waals surface area contributed by atoms with Crippen LogP contribution < -0.4 is 5.32 Å². The molecule has 0 aliphatic carbocycles. The fraction of sp³-hybridized carbons (Fsp3) is 0.450. The topological polar surface area (TPSA) is 61.4 Å². The van der Waals surface area contributed by atoms with E-state index in [-0.39, 0.29) is 5.91 Å². The monoisotopic (exact) mass is 353 g/mol. The van der Waals surface area contributed by atoms with Gasteiger partial charge in [-0.25, -0.2) is 9.97 Å². The van der Waals surface area contributed by atoms with Gasteiger partial charge in [-0.15, -0.1) is 0 Å². The van der Waals surface area contributed by atoms with Crippen LogP contribution in [0, 0.1) is 6.92 Å². The largest absolute Gasteiger partial charge is 0.336 e. The summed E-state index contributed by atoms with van der Waals surface area (Å²) in [4.78, 5) is 25.4. The third kappa shape index (κ3) is 4.02. The van der Waals surface area contributed by atoms with Gasteiger partial charge in [-0.05, 0) is 31.0 Å². The first-order valence-electron chi connectivity index (χ1n) is 9.12. The van der Waals surface area contributed by atoms with Gasteiger partial charge in [-0.2, -0.15) is 0 Å². The van der Waals surface area contributed by atoms with E-state index in [1.54, 1.807) is 12.4 Å². The maximum atomic E-state index is 12.6. The normalized spacial score (nSPS) is 15.3. The lowest BCUT2D eigenvalue weighted by Gasteiger charge is -2.32. The maximum Gasteiger partial charge on any atom is 0.257 e. The van der Waals surface area contributed by atoms with Gasteiger partial charge in [0.1, 0.15) is 0 Å². The molecule has 0 unspecified atom stereocenters. The number of amides is 1. The molecule has 1 saturated heterocycles. The second-order valence-corrected chi connectivity index (χ2v) is 7.21. The Kier molecular flexibility index (Phi) is 5.52. The van der Waals surface area contributed by atoms with Gasteiger partial charge in [0.2, 0.25) is 5.95 Å². The van der Waals surface area contributed by atoms with Crippen LogP contribution in [-0.4, -0.2) is 58.9 Å². The van der Waals surface area contributed by atoms with Gasteiger partial charge in [-0.3, -0.25) is 4.79 Å². The molecule has 2 heterocycles. The Hall–Kier alpha value is -2.47. The third-order valence-electron chi connectivity index (χ3n) is 4.85. The summed E-state index contributed by atoms with van der Waals surface area (Å²) >= 11 is 0. The van der Waals surface area contributed by atoms with Crippen LogP contribution in [0.5, 0.6) is 0 Å². The van der Waals surface area contributed by atoms with Crippen LogP contribution in [0.4, 0.5) is 11.6 Å². The number of para-hydroxylation sites is 1. The smallest absolute Gasteiger partial charge is 0.257 e. The Labute approximate surface area is 155 Å². The average molecular weight is 353 g/mol. The first kappa shape index (κ1) is 18.3. The molecule has 26 heavy (non-hydrogen) atoms. The number of benzene rings is 1. The van der Waals surface area contributed by atoms with E-state index in [1.165, 1.54) is 5.56 Å². The van der Waals surface area contributed by atoms with E-state index < -0.39 is 0 Å². The Morgan fingerprint density at radius 2 is 1.77 bits per heavy atom. The number of likely N-dealkylation sites (N-methyl/N-ethyl adjacent to an activating group) is 1. The standard InChI is InChI=1S/C20H27N5O/c1-14(2)17-7-5-6-15(3)18(17)23-20-21-12-16(13-22-20)19(26)25-10-8-24(4)9-11-25/h5-7,12-14H,8-11H2,1-4H3,(H,21,22,23). The molecule has 1 N–H and O–H groups in total. The molecule has 1 amide bonds. The van der Waals surface area contributed by atoms with Crippen LogP contribution in [0.1, 0.15) is 41.3 Å². The van der Waals surface area contributed by atoms with E-state index in [1.807, 2.05) is 4.90 Å². The molecule has 6 nitrogen and oxygen atoms in total. The molecule has 1 aliphatic heterocycles. The highest BCUT2D eigenvalue weighted by Gasteiger charge is 2.21. The summed E-state index contributed by atoms with van der Waals surface area (Å²) in [6.45, 7) is 9.69. The SMILES string of the molecule is Cc1cccc(C(C)C)c1Nc1ncc(C(=O)N2CCN(C)CC2)cn1. The molecule has 1 fully saturated rings. The Bertz CT molecular complexity index is 764. The second-order valence-electron chi connectivity index (χ2n) is 7.21. The van der Waals surface area contributed by atoms with E-state index >= 15 is 0 Å². The number of hydrogen-bond acceptors (Lipinski definition) is 5. The number of aryl methyl sites for hydroxylation is 1. The highest BCUT2D eigenvalue weighted by Crippen LogP contribution is 2.29. The molecule has 0 atom stereocenters. The number of aromatic nitrogens is 2. The summed E-state index contributed by atoms with van der Waals surface area (Å²) in [5.41, 5.74) is 3.96. The highest BCUT2D eigenvalue weighted by molar-refractivity contribution is 5.93. The first-order chi connectivity index (χ1) is 12.5. The van der Waals surface area contributed by atoms with Gasteiger partial charge in [0, 0.05) is 44.3 Å². The van der Waals surface area contributed by atoms with Crippen molar-refractivity contribution >= 4 is 17.5 Å². The van der Waals surface area contributed by atoms with Crippen LogP contribution in [0.25, 0.3) is 0 Å². The molecule has 1 aromatic heterocycles. The van der Waals surface area contributed by atoms with Crippen molar-refractivity contribution in [2.24, 2.45) is 0 Å². The van der Waals surface area contributed by atoms with E-state index in [9.17, 15) is 4.79 Å². The van der Waals surface area contributed by atoms with E-state index in [0.717, 1.165) is 37.4 Å². The Morgan fingerprint density at radius 1 is 1.12 bits per heavy atom. The molecule has 138 valence electrons. The molecule has 3 rings (SSSR count). The van der Waals surface area contributed by atoms with Crippen molar-refractivity contribution in [3.8, 4) is 0 Å². The molecule has 0 radical (unpaired) electrons. The Morgan fingerprint density at radius 3 is 2.38 bits per heavy atom. The minimum atomic E-state index is 0.00316. The highest BCUT2D eigenvalue weighted by atomic mass is 16.2. The number of carbonyl (C=O) groups is 1.